The fourth-order valence-electron chi connectivity index (χ4n) is 1.71. The van der Waals surface area contributed by atoms with Crippen LogP contribution >= 0.6 is 0 Å². The first-order valence-corrected chi connectivity index (χ1v) is 5.27. The van der Waals surface area contributed by atoms with Gasteiger partial charge in [-0.1, -0.05) is 13.8 Å². The molecule has 1 unspecified atom stereocenters. The topological polar surface area (TPSA) is 64.3 Å². The smallest absolute Gasteiger partial charge is 0.321 e. The first-order valence-electron chi connectivity index (χ1n) is 5.27. The molecule has 0 aliphatic heterocycles. The Morgan fingerprint density at radius 1 is 1.40 bits per heavy atom. The zero-order chi connectivity index (χ0) is 12.0. The van der Waals surface area contributed by atoms with Gasteiger partial charge < -0.3 is 5.11 Å². The summed E-state index contributed by atoms with van der Waals surface area (Å²) in [6.45, 7) is 8.20. The second-order valence-electron chi connectivity index (χ2n) is 4.27. The van der Waals surface area contributed by atoms with E-state index in [0.29, 0.717) is 13.0 Å². The molecule has 1 N–H and O–H groups in total. The first kappa shape index (κ1) is 13.9. The minimum Gasteiger partial charge on any atom is -0.480 e. The second-order valence-corrected chi connectivity index (χ2v) is 4.27. The minimum atomic E-state index is -0.809. The molecule has 0 heterocycles. The number of aliphatic carboxylic acids is 1. The lowest BCUT2D eigenvalue weighted by Gasteiger charge is -2.33. The Hall–Kier alpha value is -1.08. The number of carbonyl (C=O) groups is 1. The van der Waals surface area contributed by atoms with Gasteiger partial charge in [0.25, 0.3) is 0 Å². The Labute approximate surface area is 91.5 Å². The van der Waals surface area contributed by atoms with E-state index in [0.717, 1.165) is 0 Å². The number of carboxylic acids is 1. The molecule has 0 spiro atoms. The molecule has 0 aliphatic rings. The number of carboxylic acid groups (broad SMARTS) is 1. The molecular weight excluding hydrogens is 192 g/mol. The average Bonchev–Trinajstić information content (AvgIpc) is 2.09. The van der Waals surface area contributed by atoms with Gasteiger partial charge in [0.2, 0.25) is 0 Å². The summed E-state index contributed by atoms with van der Waals surface area (Å²) >= 11 is 0. The fourth-order valence-corrected chi connectivity index (χ4v) is 1.71. The van der Waals surface area contributed by atoms with E-state index in [2.05, 4.69) is 6.07 Å². The first-order chi connectivity index (χ1) is 6.91. The van der Waals surface area contributed by atoms with Crippen molar-refractivity contribution in [1.29, 1.82) is 5.26 Å². The van der Waals surface area contributed by atoms with E-state index in [-0.39, 0.29) is 12.0 Å². The van der Waals surface area contributed by atoms with Crippen LogP contribution in [0, 0.1) is 17.2 Å². The van der Waals surface area contributed by atoms with Gasteiger partial charge in [-0.15, -0.1) is 0 Å². The molecule has 0 aromatic carbocycles. The van der Waals surface area contributed by atoms with E-state index >= 15 is 0 Å². The van der Waals surface area contributed by atoms with Gasteiger partial charge in [0.1, 0.15) is 6.04 Å². The second kappa shape index (κ2) is 6.41. The molecule has 0 aromatic heterocycles. The lowest BCUT2D eigenvalue weighted by molar-refractivity contribution is -0.146. The maximum atomic E-state index is 11.1. The third-order valence-corrected chi connectivity index (χ3v) is 2.39. The summed E-state index contributed by atoms with van der Waals surface area (Å²) in [4.78, 5) is 13.0. The van der Waals surface area contributed by atoms with Crippen LogP contribution in [0.3, 0.4) is 0 Å². The molecule has 0 rings (SSSR count). The van der Waals surface area contributed by atoms with Crippen LogP contribution in [-0.2, 0) is 4.79 Å². The van der Waals surface area contributed by atoms with Gasteiger partial charge in [0.15, 0.2) is 0 Å². The molecule has 4 nitrogen and oxygen atoms in total. The molecular formula is C11H20N2O2. The number of hydrogen-bond donors (Lipinski definition) is 1. The highest BCUT2D eigenvalue weighted by molar-refractivity contribution is 5.73. The van der Waals surface area contributed by atoms with Crippen LogP contribution in [0.4, 0.5) is 0 Å². The summed E-state index contributed by atoms with van der Waals surface area (Å²) < 4.78 is 0. The van der Waals surface area contributed by atoms with Crippen molar-refractivity contribution in [2.75, 3.05) is 6.54 Å². The van der Waals surface area contributed by atoms with Crippen molar-refractivity contribution in [1.82, 2.24) is 4.90 Å². The summed E-state index contributed by atoms with van der Waals surface area (Å²) in [6, 6.07) is 1.69. The molecule has 0 radical (unpaired) electrons. The van der Waals surface area contributed by atoms with Crippen molar-refractivity contribution in [3.8, 4) is 6.07 Å². The molecule has 1 atom stereocenters. The zero-order valence-corrected chi connectivity index (χ0v) is 9.90. The van der Waals surface area contributed by atoms with E-state index in [1.54, 1.807) is 0 Å². The summed E-state index contributed by atoms with van der Waals surface area (Å²) in [5.74, 6) is -0.764. The molecule has 0 fully saturated rings. The van der Waals surface area contributed by atoms with E-state index in [9.17, 15) is 4.79 Å². The van der Waals surface area contributed by atoms with Gasteiger partial charge in [-0.05, 0) is 19.8 Å². The van der Waals surface area contributed by atoms with Crippen molar-refractivity contribution < 1.29 is 9.90 Å². The predicted molar refractivity (Wildman–Crippen MR) is 58.3 cm³/mol. The van der Waals surface area contributed by atoms with Gasteiger partial charge in [0.05, 0.1) is 6.07 Å². The molecule has 0 amide bonds. The molecule has 4 heteroatoms. The maximum Gasteiger partial charge on any atom is 0.321 e. The van der Waals surface area contributed by atoms with Crippen molar-refractivity contribution in [2.45, 2.75) is 46.2 Å². The summed E-state index contributed by atoms with van der Waals surface area (Å²) in [6.07, 6.45) is 0.370. The van der Waals surface area contributed by atoms with Gasteiger partial charge in [-0.2, -0.15) is 5.26 Å². The van der Waals surface area contributed by atoms with Crippen molar-refractivity contribution in [2.24, 2.45) is 5.92 Å². The molecule has 0 saturated carbocycles. The molecule has 15 heavy (non-hydrogen) atoms. The number of rotatable bonds is 6. The molecule has 0 aromatic rings. The van der Waals surface area contributed by atoms with Gasteiger partial charge in [-0.25, -0.2) is 0 Å². The number of nitriles is 1. The fraction of sp³-hybridized carbons (Fsp3) is 0.818. The Bertz CT molecular complexity index is 243. The Morgan fingerprint density at radius 3 is 2.20 bits per heavy atom. The highest BCUT2D eigenvalue weighted by atomic mass is 16.4. The summed E-state index contributed by atoms with van der Waals surface area (Å²) in [7, 11) is 0. The Balaban J connectivity index is 4.69. The lowest BCUT2D eigenvalue weighted by Crippen LogP contribution is -2.48. The minimum absolute atomic E-state index is 0.0450. The van der Waals surface area contributed by atoms with Crippen LogP contribution in [0.25, 0.3) is 0 Å². The largest absolute Gasteiger partial charge is 0.480 e. The monoisotopic (exact) mass is 212 g/mol. The zero-order valence-electron chi connectivity index (χ0n) is 9.90. The van der Waals surface area contributed by atoms with Crippen LogP contribution in [-0.4, -0.2) is 34.6 Å². The van der Waals surface area contributed by atoms with Gasteiger partial charge >= 0.3 is 5.97 Å². The quantitative estimate of drug-likeness (QED) is 0.728. The Morgan fingerprint density at radius 2 is 1.93 bits per heavy atom. The molecule has 86 valence electrons. The van der Waals surface area contributed by atoms with Crippen molar-refractivity contribution in [3.63, 3.8) is 0 Å². The standard InChI is InChI=1S/C11H20N2O2/c1-8(2)10(11(14)15)13(9(3)4)7-5-6-12/h8-10H,5,7H2,1-4H3,(H,14,15). The van der Waals surface area contributed by atoms with E-state index in [1.807, 2.05) is 32.6 Å². The Kier molecular flexibility index (Phi) is 5.95. The van der Waals surface area contributed by atoms with Crippen LogP contribution in [0.2, 0.25) is 0 Å². The van der Waals surface area contributed by atoms with Crippen molar-refractivity contribution >= 4 is 5.97 Å². The van der Waals surface area contributed by atoms with Crippen LogP contribution in [0.5, 0.6) is 0 Å². The van der Waals surface area contributed by atoms with E-state index < -0.39 is 12.0 Å². The number of nitrogens with zero attached hydrogens (tertiary/aromatic N) is 2. The molecule has 0 saturated heterocycles. The summed E-state index contributed by atoms with van der Waals surface area (Å²) in [5.41, 5.74) is 0. The third-order valence-electron chi connectivity index (χ3n) is 2.39. The van der Waals surface area contributed by atoms with E-state index in [4.69, 9.17) is 10.4 Å². The SMILES string of the molecule is CC(C)C(C(=O)O)N(CCC#N)C(C)C. The van der Waals surface area contributed by atoms with Crippen molar-refractivity contribution in [3.05, 3.63) is 0 Å². The molecule has 0 aliphatic carbocycles. The van der Waals surface area contributed by atoms with Crippen LogP contribution in [0.1, 0.15) is 34.1 Å². The van der Waals surface area contributed by atoms with Gasteiger partial charge in [0, 0.05) is 19.0 Å². The number of hydrogen-bond acceptors (Lipinski definition) is 3. The molecule has 0 bridgehead atoms. The third kappa shape index (κ3) is 4.30. The maximum absolute atomic E-state index is 11.1. The highest BCUT2D eigenvalue weighted by Crippen LogP contribution is 2.15. The highest BCUT2D eigenvalue weighted by Gasteiger charge is 2.29. The van der Waals surface area contributed by atoms with Crippen LogP contribution < -0.4 is 0 Å². The average molecular weight is 212 g/mol. The van der Waals surface area contributed by atoms with Gasteiger partial charge in [-0.3, -0.25) is 9.69 Å². The lowest BCUT2D eigenvalue weighted by atomic mass is 10.0. The van der Waals surface area contributed by atoms with E-state index in [1.165, 1.54) is 0 Å². The predicted octanol–water partition coefficient (Wildman–Crippen LogP) is 1.72. The normalized spacial score (nSPS) is 13.2. The summed E-state index contributed by atoms with van der Waals surface area (Å²) in [5, 5.41) is 17.7. The van der Waals surface area contributed by atoms with Crippen LogP contribution in [0.15, 0.2) is 0 Å².